The summed E-state index contributed by atoms with van der Waals surface area (Å²) in [4.78, 5) is 4.72. The third kappa shape index (κ3) is 6.97. The van der Waals surface area contributed by atoms with Crippen molar-refractivity contribution in [3.63, 3.8) is 0 Å². The lowest BCUT2D eigenvalue weighted by Gasteiger charge is -2.17. The molecule has 2 aromatic carbocycles. The zero-order valence-electron chi connectivity index (χ0n) is 18.5. The van der Waals surface area contributed by atoms with E-state index in [4.69, 9.17) is 9.73 Å². The van der Waals surface area contributed by atoms with Crippen LogP contribution in [0.1, 0.15) is 31.4 Å². The van der Waals surface area contributed by atoms with Crippen molar-refractivity contribution in [1.82, 2.24) is 9.62 Å². The molecule has 0 radical (unpaired) electrons. The summed E-state index contributed by atoms with van der Waals surface area (Å²) >= 11 is 0. The SMILES string of the molecule is Cc1ccccc1CN=C(NCCN1CCCS1(=O)=O)Nc1ccc(OC(C)C)cc1. The van der Waals surface area contributed by atoms with Gasteiger partial charge < -0.3 is 15.4 Å². The molecule has 168 valence electrons. The molecule has 1 saturated heterocycles. The summed E-state index contributed by atoms with van der Waals surface area (Å²) in [6, 6.07) is 15.8. The topological polar surface area (TPSA) is 83.0 Å². The van der Waals surface area contributed by atoms with Crippen molar-refractivity contribution in [3.8, 4) is 5.75 Å². The Morgan fingerprint density at radius 3 is 2.55 bits per heavy atom. The molecule has 7 nitrogen and oxygen atoms in total. The van der Waals surface area contributed by atoms with E-state index in [2.05, 4.69) is 29.7 Å². The van der Waals surface area contributed by atoms with E-state index >= 15 is 0 Å². The van der Waals surface area contributed by atoms with Crippen LogP contribution in [-0.4, -0.2) is 50.2 Å². The summed E-state index contributed by atoms with van der Waals surface area (Å²) in [5.74, 6) is 1.66. The van der Waals surface area contributed by atoms with Gasteiger partial charge in [0.15, 0.2) is 5.96 Å². The molecule has 0 bridgehead atoms. The standard InChI is InChI=1S/C23H32N4O3S/c1-18(2)30-22-11-9-21(10-12-22)26-23(25-17-20-8-5-4-7-19(20)3)24-13-15-27-14-6-16-31(27,28)29/h4-5,7-12,18H,6,13-17H2,1-3H3,(H2,24,25,26). The van der Waals surface area contributed by atoms with Gasteiger partial charge in [-0.3, -0.25) is 0 Å². The molecule has 3 rings (SSSR count). The molecule has 0 aromatic heterocycles. The normalized spacial score (nSPS) is 16.5. The first-order valence-electron chi connectivity index (χ1n) is 10.7. The lowest BCUT2D eigenvalue weighted by atomic mass is 10.1. The Balaban J connectivity index is 1.67. The Hall–Kier alpha value is -2.58. The molecule has 0 amide bonds. The first kappa shape index (κ1) is 23.1. The van der Waals surface area contributed by atoms with E-state index in [0.29, 0.717) is 38.6 Å². The van der Waals surface area contributed by atoms with E-state index in [0.717, 1.165) is 17.0 Å². The predicted molar refractivity (Wildman–Crippen MR) is 126 cm³/mol. The van der Waals surface area contributed by atoms with Crippen LogP contribution in [0.2, 0.25) is 0 Å². The molecular weight excluding hydrogens is 412 g/mol. The smallest absolute Gasteiger partial charge is 0.214 e. The quantitative estimate of drug-likeness (QED) is 0.482. The van der Waals surface area contributed by atoms with Crippen molar-refractivity contribution in [3.05, 3.63) is 59.7 Å². The molecule has 1 heterocycles. The molecule has 0 saturated carbocycles. The number of aliphatic imine (C=N–C) groups is 1. The zero-order chi connectivity index (χ0) is 22.3. The highest BCUT2D eigenvalue weighted by Gasteiger charge is 2.27. The molecular formula is C23H32N4O3S. The number of nitrogens with zero attached hydrogens (tertiary/aromatic N) is 2. The van der Waals surface area contributed by atoms with Gasteiger partial charge in [-0.15, -0.1) is 0 Å². The minimum Gasteiger partial charge on any atom is -0.491 e. The van der Waals surface area contributed by atoms with Crippen LogP contribution in [0.5, 0.6) is 5.75 Å². The number of benzene rings is 2. The first-order chi connectivity index (χ1) is 14.8. The lowest BCUT2D eigenvalue weighted by molar-refractivity contribution is 0.242. The second-order valence-corrected chi connectivity index (χ2v) is 9.99. The highest BCUT2D eigenvalue weighted by atomic mass is 32.2. The summed E-state index contributed by atoms with van der Waals surface area (Å²) < 4.78 is 31.3. The van der Waals surface area contributed by atoms with Gasteiger partial charge in [0.1, 0.15) is 5.75 Å². The molecule has 1 fully saturated rings. The molecule has 0 unspecified atom stereocenters. The lowest BCUT2D eigenvalue weighted by Crippen LogP contribution is -2.38. The summed E-state index contributed by atoms with van der Waals surface area (Å²) in [7, 11) is -3.10. The molecule has 8 heteroatoms. The van der Waals surface area contributed by atoms with Crippen molar-refractivity contribution in [1.29, 1.82) is 0 Å². The van der Waals surface area contributed by atoms with E-state index in [1.807, 2.05) is 50.2 Å². The van der Waals surface area contributed by atoms with Crippen LogP contribution < -0.4 is 15.4 Å². The zero-order valence-corrected chi connectivity index (χ0v) is 19.3. The highest BCUT2D eigenvalue weighted by molar-refractivity contribution is 7.89. The number of nitrogens with one attached hydrogen (secondary N) is 2. The second kappa shape index (κ2) is 10.6. The van der Waals surface area contributed by atoms with Crippen LogP contribution in [0.4, 0.5) is 5.69 Å². The molecule has 2 N–H and O–H groups in total. The van der Waals surface area contributed by atoms with Crippen LogP contribution in [0, 0.1) is 6.92 Å². The Morgan fingerprint density at radius 2 is 1.90 bits per heavy atom. The molecule has 0 spiro atoms. The van der Waals surface area contributed by atoms with Gasteiger partial charge in [0, 0.05) is 25.3 Å². The third-order valence-electron chi connectivity index (χ3n) is 5.01. The van der Waals surface area contributed by atoms with Crippen molar-refractivity contribution in [2.75, 3.05) is 30.7 Å². The number of hydrogen-bond donors (Lipinski definition) is 2. The molecule has 2 aromatic rings. The van der Waals surface area contributed by atoms with Gasteiger partial charge in [0.2, 0.25) is 10.0 Å². The summed E-state index contributed by atoms with van der Waals surface area (Å²) in [6.45, 7) is 8.07. The number of rotatable bonds is 8. The highest BCUT2D eigenvalue weighted by Crippen LogP contribution is 2.17. The van der Waals surface area contributed by atoms with E-state index in [9.17, 15) is 8.42 Å². The number of guanidine groups is 1. The van der Waals surface area contributed by atoms with Crippen molar-refractivity contribution in [2.45, 2.75) is 39.8 Å². The molecule has 31 heavy (non-hydrogen) atoms. The van der Waals surface area contributed by atoms with Gasteiger partial charge in [-0.1, -0.05) is 24.3 Å². The molecule has 0 aliphatic carbocycles. The van der Waals surface area contributed by atoms with Crippen LogP contribution in [-0.2, 0) is 16.6 Å². The average Bonchev–Trinajstić information content (AvgIpc) is 3.06. The van der Waals surface area contributed by atoms with Gasteiger partial charge in [-0.2, -0.15) is 0 Å². The number of ether oxygens (including phenoxy) is 1. The van der Waals surface area contributed by atoms with Crippen molar-refractivity contribution in [2.24, 2.45) is 4.99 Å². The monoisotopic (exact) mass is 444 g/mol. The Bertz CT molecular complexity index is 988. The minimum absolute atomic E-state index is 0.119. The van der Waals surface area contributed by atoms with Gasteiger partial charge in [0.25, 0.3) is 0 Å². The fourth-order valence-electron chi connectivity index (χ4n) is 3.36. The van der Waals surface area contributed by atoms with Gasteiger partial charge in [-0.25, -0.2) is 17.7 Å². The van der Waals surface area contributed by atoms with E-state index < -0.39 is 10.0 Å². The largest absolute Gasteiger partial charge is 0.491 e. The fourth-order valence-corrected chi connectivity index (χ4v) is 4.89. The summed E-state index contributed by atoms with van der Waals surface area (Å²) in [6.07, 6.45) is 0.813. The van der Waals surface area contributed by atoms with E-state index in [1.54, 1.807) is 0 Å². The molecule has 1 aliphatic heterocycles. The molecule has 1 aliphatic rings. The maximum Gasteiger partial charge on any atom is 0.214 e. The van der Waals surface area contributed by atoms with Gasteiger partial charge >= 0.3 is 0 Å². The van der Waals surface area contributed by atoms with E-state index in [-0.39, 0.29) is 11.9 Å². The minimum atomic E-state index is -3.10. The number of sulfonamides is 1. The van der Waals surface area contributed by atoms with Gasteiger partial charge in [0.05, 0.1) is 18.4 Å². The van der Waals surface area contributed by atoms with Crippen LogP contribution in [0.3, 0.4) is 0 Å². The summed E-state index contributed by atoms with van der Waals surface area (Å²) in [5.41, 5.74) is 3.20. The van der Waals surface area contributed by atoms with Crippen molar-refractivity contribution < 1.29 is 13.2 Å². The third-order valence-corrected chi connectivity index (χ3v) is 6.97. The maximum atomic E-state index is 12.0. The number of aryl methyl sites for hydroxylation is 1. The Labute approximate surface area is 185 Å². The Kier molecular flexibility index (Phi) is 7.92. The fraction of sp³-hybridized carbons (Fsp3) is 0.435. The van der Waals surface area contributed by atoms with Crippen LogP contribution in [0.25, 0.3) is 0 Å². The van der Waals surface area contributed by atoms with Gasteiger partial charge in [-0.05, 0) is 62.6 Å². The number of hydrogen-bond acceptors (Lipinski definition) is 4. The first-order valence-corrected chi connectivity index (χ1v) is 12.3. The van der Waals surface area contributed by atoms with E-state index in [1.165, 1.54) is 9.87 Å². The predicted octanol–water partition coefficient (Wildman–Crippen LogP) is 3.38. The molecule has 0 atom stereocenters. The number of anilines is 1. The van der Waals surface area contributed by atoms with Crippen LogP contribution in [0.15, 0.2) is 53.5 Å². The Morgan fingerprint density at radius 1 is 1.16 bits per heavy atom. The van der Waals surface area contributed by atoms with Crippen molar-refractivity contribution >= 4 is 21.7 Å². The maximum absolute atomic E-state index is 12.0. The average molecular weight is 445 g/mol. The second-order valence-electron chi connectivity index (χ2n) is 7.90. The summed E-state index contributed by atoms with van der Waals surface area (Å²) in [5, 5.41) is 6.58. The van der Waals surface area contributed by atoms with Crippen LogP contribution >= 0.6 is 0 Å².